The van der Waals surface area contributed by atoms with Crippen molar-refractivity contribution in [1.29, 1.82) is 0 Å². The Hall–Kier alpha value is -5.05. The summed E-state index contributed by atoms with van der Waals surface area (Å²) in [6, 6.07) is 24.4. The third kappa shape index (κ3) is 5.67. The van der Waals surface area contributed by atoms with Crippen molar-refractivity contribution in [2.75, 3.05) is 20.4 Å². The Balaban J connectivity index is 1.13. The molecule has 38 heavy (non-hydrogen) atoms. The molecule has 0 aromatic heterocycles. The summed E-state index contributed by atoms with van der Waals surface area (Å²) in [6.45, 7) is 0.265. The first-order valence-electron chi connectivity index (χ1n) is 11.9. The molecule has 0 spiro atoms. The number of hydrogen-bond donors (Lipinski definition) is 2. The molecule has 4 aromatic carbocycles. The Bertz CT molecular complexity index is 1510. The lowest BCUT2D eigenvalue weighted by Crippen LogP contribution is -2.34. The molecule has 0 aliphatic carbocycles. The van der Waals surface area contributed by atoms with Gasteiger partial charge in [0.05, 0.1) is 19.9 Å². The summed E-state index contributed by atoms with van der Waals surface area (Å²) in [4.78, 5) is 24.4. The van der Waals surface area contributed by atoms with Gasteiger partial charge in [-0.3, -0.25) is 9.59 Å². The summed E-state index contributed by atoms with van der Waals surface area (Å²) >= 11 is 0. The van der Waals surface area contributed by atoms with Gasteiger partial charge in [-0.05, 0) is 58.3 Å². The van der Waals surface area contributed by atoms with Gasteiger partial charge in [0.1, 0.15) is 6.61 Å². The Morgan fingerprint density at radius 2 is 1.79 bits per heavy atom. The van der Waals surface area contributed by atoms with Crippen LogP contribution < -0.4 is 29.7 Å². The molecule has 0 saturated heterocycles. The van der Waals surface area contributed by atoms with Gasteiger partial charge in [-0.2, -0.15) is 5.10 Å². The average molecular weight is 512 g/mol. The van der Waals surface area contributed by atoms with E-state index in [2.05, 4.69) is 34.0 Å². The van der Waals surface area contributed by atoms with Crippen molar-refractivity contribution >= 4 is 28.8 Å². The average Bonchev–Trinajstić information content (AvgIpc) is 3.43. The lowest BCUT2D eigenvalue weighted by atomic mass is 10.1. The fraction of sp³-hybridized carbons (Fsp3) is 0.138. The summed E-state index contributed by atoms with van der Waals surface area (Å²) in [7, 11) is 1.56. The number of rotatable bonds is 9. The van der Waals surface area contributed by atoms with Crippen LogP contribution in [0.15, 0.2) is 84.0 Å². The molecule has 5 rings (SSSR count). The van der Waals surface area contributed by atoms with Crippen LogP contribution in [0, 0.1) is 0 Å². The molecule has 0 saturated carbocycles. The fourth-order valence-corrected chi connectivity index (χ4v) is 3.98. The smallest absolute Gasteiger partial charge is 0.259 e. The third-order valence-corrected chi connectivity index (χ3v) is 5.90. The molecule has 9 nitrogen and oxygen atoms in total. The number of nitrogens with one attached hydrogen (secondary N) is 2. The number of benzene rings is 4. The Morgan fingerprint density at radius 3 is 2.68 bits per heavy atom. The van der Waals surface area contributed by atoms with E-state index in [0.717, 1.165) is 16.3 Å². The van der Waals surface area contributed by atoms with Crippen molar-refractivity contribution in [3.63, 3.8) is 0 Å². The molecular formula is C29H25N3O6. The molecule has 0 radical (unpaired) electrons. The van der Waals surface area contributed by atoms with Crippen molar-refractivity contribution in [3.8, 4) is 23.0 Å². The van der Waals surface area contributed by atoms with Crippen LogP contribution >= 0.6 is 0 Å². The number of methoxy groups -OCH3 is 1. The Morgan fingerprint density at radius 1 is 0.947 bits per heavy atom. The van der Waals surface area contributed by atoms with Gasteiger partial charge in [-0.1, -0.05) is 42.5 Å². The zero-order chi connectivity index (χ0) is 26.3. The van der Waals surface area contributed by atoms with Gasteiger partial charge in [0, 0.05) is 5.56 Å². The molecule has 2 amide bonds. The molecule has 1 heterocycles. The van der Waals surface area contributed by atoms with Crippen molar-refractivity contribution in [2.24, 2.45) is 5.10 Å². The SMILES string of the molecule is COc1cc(/C=N/NC(=O)CNC(=O)c2ccc3c(c2)OCO3)ccc1OCc1cccc2ccccc12. The molecule has 1 aliphatic heterocycles. The van der Waals surface area contributed by atoms with E-state index in [1.807, 2.05) is 24.3 Å². The summed E-state index contributed by atoms with van der Waals surface area (Å²) in [5.74, 6) is 1.31. The van der Waals surface area contributed by atoms with Crippen molar-refractivity contribution in [2.45, 2.75) is 6.61 Å². The first-order chi connectivity index (χ1) is 18.6. The van der Waals surface area contributed by atoms with E-state index < -0.39 is 11.8 Å². The van der Waals surface area contributed by atoms with Crippen LogP contribution in [0.2, 0.25) is 0 Å². The van der Waals surface area contributed by atoms with Gasteiger partial charge in [-0.25, -0.2) is 5.43 Å². The maximum absolute atomic E-state index is 12.3. The number of hydrazone groups is 1. The van der Waals surface area contributed by atoms with Crippen molar-refractivity contribution in [1.82, 2.24) is 10.7 Å². The second kappa shape index (κ2) is 11.3. The van der Waals surface area contributed by atoms with Gasteiger partial charge >= 0.3 is 0 Å². The van der Waals surface area contributed by atoms with Crippen LogP contribution in [-0.2, 0) is 11.4 Å². The van der Waals surface area contributed by atoms with E-state index in [0.29, 0.717) is 40.7 Å². The highest BCUT2D eigenvalue weighted by Gasteiger charge is 2.16. The number of ether oxygens (including phenoxy) is 4. The van der Waals surface area contributed by atoms with Crippen molar-refractivity contribution in [3.05, 3.63) is 95.6 Å². The highest BCUT2D eigenvalue weighted by molar-refractivity contribution is 5.97. The highest BCUT2D eigenvalue weighted by Crippen LogP contribution is 2.32. The van der Waals surface area contributed by atoms with Crippen LogP contribution in [0.1, 0.15) is 21.5 Å². The Kier molecular flexibility index (Phi) is 7.35. The summed E-state index contributed by atoms with van der Waals surface area (Å²) in [5, 5.41) is 8.80. The lowest BCUT2D eigenvalue weighted by Gasteiger charge is -2.12. The molecule has 192 valence electrons. The molecular weight excluding hydrogens is 486 g/mol. The summed E-state index contributed by atoms with van der Waals surface area (Å²) in [5.41, 5.74) is 4.53. The minimum absolute atomic E-state index is 0.119. The zero-order valence-corrected chi connectivity index (χ0v) is 20.6. The molecule has 0 fully saturated rings. The maximum atomic E-state index is 12.3. The van der Waals surface area contributed by atoms with Gasteiger partial charge in [0.2, 0.25) is 6.79 Å². The van der Waals surface area contributed by atoms with E-state index in [4.69, 9.17) is 18.9 Å². The maximum Gasteiger partial charge on any atom is 0.259 e. The van der Waals surface area contributed by atoms with E-state index >= 15 is 0 Å². The molecule has 1 aliphatic rings. The van der Waals surface area contributed by atoms with Gasteiger partial charge in [0.25, 0.3) is 11.8 Å². The molecule has 0 atom stereocenters. The Labute approximate surface area is 219 Å². The minimum Gasteiger partial charge on any atom is -0.493 e. The van der Waals surface area contributed by atoms with E-state index in [1.165, 1.54) is 6.21 Å². The molecule has 0 bridgehead atoms. The van der Waals surface area contributed by atoms with Crippen LogP contribution in [0.25, 0.3) is 10.8 Å². The predicted molar refractivity (Wildman–Crippen MR) is 142 cm³/mol. The highest BCUT2D eigenvalue weighted by atomic mass is 16.7. The number of amides is 2. The second-order valence-electron chi connectivity index (χ2n) is 8.38. The summed E-state index contributed by atoms with van der Waals surface area (Å²) in [6.07, 6.45) is 1.48. The topological polar surface area (TPSA) is 107 Å². The van der Waals surface area contributed by atoms with Crippen LogP contribution in [-0.4, -0.2) is 38.5 Å². The number of fused-ring (bicyclic) bond motifs is 2. The fourth-order valence-electron chi connectivity index (χ4n) is 3.98. The van der Waals surface area contributed by atoms with Gasteiger partial charge in [0.15, 0.2) is 23.0 Å². The minimum atomic E-state index is -0.475. The quantitative estimate of drug-likeness (QED) is 0.260. The van der Waals surface area contributed by atoms with Gasteiger partial charge in [-0.15, -0.1) is 0 Å². The number of carbonyl (C=O) groups excluding carboxylic acids is 2. The third-order valence-electron chi connectivity index (χ3n) is 5.90. The monoisotopic (exact) mass is 511 g/mol. The first kappa shape index (κ1) is 24.6. The summed E-state index contributed by atoms with van der Waals surface area (Å²) < 4.78 is 22.0. The largest absolute Gasteiger partial charge is 0.493 e. The normalized spacial score (nSPS) is 11.9. The number of nitrogens with zero attached hydrogens (tertiary/aromatic N) is 1. The molecule has 0 unspecified atom stereocenters. The van der Waals surface area contributed by atoms with Crippen molar-refractivity contribution < 1.29 is 28.5 Å². The van der Waals surface area contributed by atoms with Crippen LogP contribution in [0.5, 0.6) is 23.0 Å². The standard InChI is InChI=1S/C29H25N3O6/c1-35-26-13-19(9-11-24(26)36-17-22-7-4-6-20-5-2-3-8-23(20)22)15-31-32-28(33)16-30-29(34)21-10-12-25-27(14-21)38-18-37-25/h2-15H,16-18H2,1H3,(H,30,34)(H,32,33)/b31-15+. The predicted octanol–water partition coefficient (Wildman–Crippen LogP) is 4.04. The van der Waals surface area contributed by atoms with E-state index in [1.54, 1.807) is 43.5 Å². The second-order valence-corrected chi connectivity index (χ2v) is 8.38. The molecule has 9 heteroatoms. The van der Waals surface area contributed by atoms with Gasteiger partial charge < -0.3 is 24.3 Å². The van der Waals surface area contributed by atoms with Crippen LogP contribution in [0.3, 0.4) is 0 Å². The first-order valence-corrected chi connectivity index (χ1v) is 11.9. The lowest BCUT2D eigenvalue weighted by molar-refractivity contribution is -0.120. The van der Waals surface area contributed by atoms with E-state index in [9.17, 15) is 9.59 Å². The molecule has 4 aromatic rings. The van der Waals surface area contributed by atoms with E-state index in [-0.39, 0.29) is 13.3 Å². The molecule has 2 N–H and O–H groups in total. The number of carbonyl (C=O) groups is 2. The van der Waals surface area contributed by atoms with Crippen LogP contribution in [0.4, 0.5) is 0 Å². The zero-order valence-electron chi connectivity index (χ0n) is 20.6. The number of hydrogen-bond acceptors (Lipinski definition) is 7.